The van der Waals surface area contributed by atoms with Crippen molar-refractivity contribution < 1.29 is 9.53 Å². The maximum atomic E-state index is 11.0. The average molecular weight is 240 g/mol. The quantitative estimate of drug-likeness (QED) is 0.690. The molecule has 0 fully saturated rings. The molecule has 1 aromatic rings. The van der Waals surface area contributed by atoms with Crippen molar-refractivity contribution in [3.8, 4) is 0 Å². The van der Waals surface area contributed by atoms with Crippen LogP contribution in [-0.4, -0.2) is 46.3 Å². The highest BCUT2D eigenvalue weighted by Gasteiger charge is 2.11. The molecule has 0 aliphatic rings. The number of methoxy groups -OCH3 is 1. The number of esters is 1. The van der Waals surface area contributed by atoms with Crippen LogP contribution in [0.3, 0.4) is 0 Å². The zero-order chi connectivity index (χ0) is 12.8. The number of carbonyl (C=O) groups is 1. The molecule has 1 aromatic heterocycles. The Hall–Kier alpha value is -1.43. The first kappa shape index (κ1) is 13.6. The molecular formula is C11H20N4O2. The van der Waals surface area contributed by atoms with Gasteiger partial charge in [0.25, 0.3) is 0 Å². The molecule has 17 heavy (non-hydrogen) atoms. The Morgan fingerprint density at radius 2 is 2.29 bits per heavy atom. The largest absolute Gasteiger partial charge is 0.469 e. The number of aromatic nitrogens is 3. The molecule has 1 rings (SSSR count). The summed E-state index contributed by atoms with van der Waals surface area (Å²) in [6, 6.07) is 0.293. The van der Waals surface area contributed by atoms with E-state index >= 15 is 0 Å². The second kappa shape index (κ2) is 6.34. The van der Waals surface area contributed by atoms with Crippen molar-refractivity contribution in [2.75, 3.05) is 20.7 Å². The van der Waals surface area contributed by atoms with Crippen LogP contribution in [-0.2, 0) is 16.1 Å². The van der Waals surface area contributed by atoms with E-state index in [1.165, 1.54) is 7.11 Å². The normalized spacial score (nSPS) is 11.2. The van der Waals surface area contributed by atoms with Crippen molar-refractivity contribution in [2.45, 2.75) is 32.9 Å². The lowest BCUT2D eigenvalue weighted by molar-refractivity contribution is -0.140. The topological polar surface area (TPSA) is 60.2 Å². The molecule has 0 radical (unpaired) electrons. The first-order chi connectivity index (χ1) is 8.04. The number of carbonyl (C=O) groups excluding carboxylic acids is 1. The SMILES string of the molecule is COC(=O)CCN(C)Cc1ncnn1C(C)C. The van der Waals surface area contributed by atoms with E-state index < -0.39 is 0 Å². The molecule has 0 amide bonds. The fraction of sp³-hybridized carbons (Fsp3) is 0.727. The average Bonchev–Trinajstić information content (AvgIpc) is 2.74. The van der Waals surface area contributed by atoms with Gasteiger partial charge < -0.3 is 4.74 Å². The maximum absolute atomic E-state index is 11.0. The third kappa shape index (κ3) is 4.14. The van der Waals surface area contributed by atoms with E-state index in [1.54, 1.807) is 6.33 Å². The summed E-state index contributed by atoms with van der Waals surface area (Å²) in [7, 11) is 3.35. The van der Waals surface area contributed by atoms with E-state index in [0.29, 0.717) is 25.6 Å². The first-order valence-corrected chi connectivity index (χ1v) is 5.68. The van der Waals surface area contributed by atoms with Crippen LogP contribution in [0, 0.1) is 0 Å². The lowest BCUT2D eigenvalue weighted by atomic mass is 10.3. The van der Waals surface area contributed by atoms with Gasteiger partial charge in [0, 0.05) is 12.6 Å². The third-order valence-corrected chi connectivity index (χ3v) is 2.47. The summed E-state index contributed by atoms with van der Waals surface area (Å²) < 4.78 is 6.48. The predicted octanol–water partition coefficient (Wildman–Crippen LogP) is 0.854. The summed E-state index contributed by atoms with van der Waals surface area (Å²) in [5.74, 6) is 0.717. The molecule has 0 atom stereocenters. The maximum Gasteiger partial charge on any atom is 0.306 e. The highest BCUT2D eigenvalue weighted by Crippen LogP contribution is 2.07. The van der Waals surface area contributed by atoms with E-state index in [1.807, 2.05) is 16.6 Å². The Balaban J connectivity index is 2.47. The van der Waals surface area contributed by atoms with Crippen molar-refractivity contribution in [2.24, 2.45) is 0 Å². The summed E-state index contributed by atoms with van der Waals surface area (Å²) in [6.45, 7) is 5.45. The lowest BCUT2D eigenvalue weighted by Gasteiger charge is -2.17. The highest BCUT2D eigenvalue weighted by molar-refractivity contribution is 5.69. The summed E-state index contributed by atoms with van der Waals surface area (Å²) in [6.07, 6.45) is 1.95. The highest BCUT2D eigenvalue weighted by atomic mass is 16.5. The van der Waals surface area contributed by atoms with Crippen LogP contribution in [0.25, 0.3) is 0 Å². The van der Waals surface area contributed by atoms with Gasteiger partial charge in [0.05, 0.1) is 20.1 Å². The second-order valence-corrected chi connectivity index (χ2v) is 4.28. The van der Waals surface area contributed by atoms with Gasteiger partial charge in [0.2, 0.25) is 0 Å². The number of rotatable bonds is 6. The van der Waals surface area contributed by atoms with Crippen molar-refractivity contribution in [1.82, 2.24) is 19.7 Å². The van der Waals surface area contributed by atoms with Crippen molar-refractivity contribution >= 4 is 5.97 Å². The van der Waals surface area contributed by atoms with E-state index in [2.05, 4.69) is 28.7 Å². The Kier molecular flexibility index (Phi) is 5.09. The summed E-state index contributed by atoms with van der Waals surface area (Å²) in [5.41, 5.74) is 0. The Morgan fingerprint density at radius 1 is 1.59 bits per heavy atom. The van der Waals surface area contributed by atoms with Crippen molar-refractivity contribution in [3.05, 3.63) is 12.2 Å². The fourth-order valence-electron chi connectivity index (χ4n) is 1.52. The molecule has 0 saturated heterocycles. The molecule has 0 saturated carbocycles. The number of nitrogens with zero attached hydrogens (tertiary/aromatic N) is 4. The molecular weight excluding hydrogens is 220 g/mol. The van der Waals surface area contributed by atoms with E-state index in [4.69, 9.17) is 0 Å². The van der Waals surface area contributed by atoms with Gasteiger partial charge in [-0.05, 0) is 20.9 Å². The molecule has 0 aliphatic heterocycles. The Labute approximate surface area is 102 Å². The van der Waals surface area contributed by atoms with Gasteiger partial charge in [-0.15, -0.1) is 0 Å². The Morgan fingerprint density at radius 3 is 2.88 bits per heavy atom. The number of hydrogen-bond acceptors (Lipinski definition) is 5. The fourth-order valence-corrected chi connectivity index (χ4v) is 1.52. The predicted molar refractivity (Wildman–Crippen MR) is 63.4 cm³/mol. The van der Waals surface area contributed by atoms with E-state index in [9.17, 15) is 4.79 Å². The molecule has 96 valence electrons. The zero-order valence-corrected chi connectivity index (χ0v) is 10.9. The monoisotopic (exact) mass is 240 g/mol. The van der Waals surface area contributed by atoms with Crippen LogP contribution in [0.2, 0.25) is 0 Å². The van der Waals surface area contributed by atoms with Gasteiger partial charge in [-0.3, -0.25) is 9.69 Å². The Bertz CT molecular complexity index is 362. The number of hydrogen-bond donors (Lipinski definition) is 0. The standard InChI is InChI=1S/C11H20N4O2/c1-9(2)15-10(12-8-13-15)7-14(3)6-5-11(16)17-4/h8-9H,5-7H2,1-4H3. The number of ether oxygens (including phenoxy) is 1. The van der Waals surface area contributed by atoms with Gasteiger partial charge in [0.15, 0.2) is 0 Å². The molecule has 0 aliphatic carbocycles. The molecule has 0 unspecified atom stereocenters. The van der Waals surface area contributed by atoms with Gasteiger partial charge >= 0.3 is 5.97 Å². The van der Waals surface area contributed by atoms with Crippen LogP contribution >= 0.6 is 0 Å². The van der Waals surface area contributed by atoms with Crippen LogP contribution in [0.5, 0.6) is 0 Å². The van der Waals surface area contributed by atoms with Crippen LogP contribution in [0.4, 0.5) is 0 Å². The van der Waals surface area contributed by atoms with Gasteiger partial charge in [-0.1, -0.05) is 0 Å². The minimum Gasteiger partial charge on any atom is -0.469 e. The minimum absolute atomic E-state index is 0.192. The first-order valence-electron chi connectivity index (χ1n) is 5.68. The van der Waals surface area contributed by atoms with Gasteiger partial charge in [-0.2, -0.15) is 5.10 Å². The molecule has 0 bridgehead atoms. The van der Waals surface area contributed by atoms with Crippen molar-refractivity contribution in [1.29, 1.82) is 0 Å². The molecule has 6 heteroatoms. The van der Waals surface area contributed by atoms with E-state index in [0.717, 1.165) is 5.82 Å². The summed E-state index contributed by atoms with van der Waals surface area (Å²) in [4.78, 5) is 17.3. The molecule has 1 heterocycles. The summed E-state index contributed by atoms with van der Waals surface area (Å²) >= 11 is 0. The van der Waals surface area contributed by atoms with E-state index in [-0.39, 0.29) is 5.97 Å². The van der Waals surface area contributed by atoms with Crippen molar-refractivity contribution in [3.63, 3.8) is 0 Å². The van der Waals surface area contributed by atoms with Crippen LogP contribution in [0.1, 0.15) is 32.1 Å². The minimum atomic E-state index is -0.192. The molecule has 6 nitrogen and oxygen atoms in total. The lowest BCUT2D eigenvalue weighted by Crippen LogP contribution is -2.24. The third-order valence-electron chi connectivity index (χ3n) is 2.47. The molecule has 0 aromatic carbocycles. The van der Waals surface area contributed by atoms with Gasteiger partial charge in [0.1, 0.15) is 12.2 Å². The van der Waals surface area contributed by atoms with Crippen LogP contribution < -0.4 is 0 Å². The smallest absolute Gasteiger partial charge is 0.306 e. The molecule has 0 spiro atoms. The van der Waals surface area contributed by atoms with Crippen LogP contribution in [0.15, 0.2) is 6.33 Å². The second-order valence-electron chi connectivity index (χ2n) is 4.28. The van der Waals surface area contributed by atoms with Gasteiger partial charge in [-0.25, -0.2) is 9.67 Å². The summed E-state index contributed by atoms with van der Waals surface area (Å²) in [5, 5.41) is 4.17. The zero-order valence-electron chi connectivity index (χ0n) is 10.9. The molecule has 0 N–H and O–H groups in total.